The lowest BCUT2D eigenvalue weighted by Crippen LogP contribution is -2.48. The van der Waals surface area contributed by atoms with Crippen molar-refractivity contribution in [3.63, 3.8) is 0 Å². The molecule has 0 aromatic heterocycles. The van der Waals surface area contributed by atoms with Crippen LogP contribution >= 0.6 is 11.6 Å². The Morgan fingerprint density at radius 1 is 0.338 bits per heavy atom. The number of nitriles is 1. The molecule has 0 radical (unpaired) electrons. The number of halogens is 7. The second-order valence-corrected chi connectivity index (χ2v) is 44.7. The standard InChI is InChI=1S/2C19H25F3N2.C19H25N3.C19H28N2.C18H25ClN2.C18H23N3/c1-17(2,3)18(14-23-4)9-11-24(12-10-18)13-15-5-7-16(8-6-15)19(20,21)22;1-17(2,3)18(14-23-4)8-10-24(11-9-18)13-15-6-5-7-16(12-15)19(20,21)22;1-18(2,3)19(15-20-4)10-12-22(13-11-19)14-16-8-6-7-9-17(16)21-5;1-16-8-6-7-9-17(16)14-21-12-10-19(11-13-21,15-20-5)18(2,3)4;1-17(2,3)18(14-20-4)9-11-21(12-10-18)13-15-5-7-16(19)8-6-15;1-15(2)18(14-20-3)7-9-21(10-8-18)13-17-6-4-5-16(11-17)12-19/h5-8H,9-14H2,1-3H3;5-7,12H,8-11,13-14H2,1-3H3;6-9H,10-15H2,1-3H3;6-9H,10-15H2,1-4H3;5-8H,9-14H2,1-3H3;4-6,11,15H,7-10,13-14H2,1-2H3. The SMILES string of the molecule is [C-]#[N+]CC1(C(C)(C)C)CCN(Cc2ccc(C(F)(F)F)cc2)CC1.[C-]#[N+]CC1(C(C)(C)C)CCN(Cc2ccc(Cl)cc2)CC1.[C-]#[N+]CC1(C(C)(C)C)CCN(Cc2cccc(C(F)(F)F)c2)CC1.[C-]#[N+]CC1(C(C)(C)C)CCN(Cc2ccccc2C)CC1.[C-]#[N+]CC1(C(C)(C)C)CCN(Cc2ccccc2[N+]#[C-])CC1.[C-]#[N+]CC1(C(C)C)CCN(Cc2cccc(C#N)c2)CC1. The largest absolute Gasteiger partial charge is 0.416 e. The Labute approximate surface area is 802 Å². The first kappa shape index (κ1) is 111. The fourth-order valence-corrected chi connectivity index (χ4v) is 20.6. The molecular formula is C112H151ClF6N14. The molecule has 718 valence electrons. The van der Waals surface area contributed by atoms with Crippen LogP contribution in [0.2, 0.25) is 5.02 Å². The van der Waals surface area contributed by atoms with E-state index in [0.29, 0.717) is 63.8 Å². The minimum atomic E-state index is -4.30. The first-order chi connectivity index (χ1) is 62.4. The van der Waals surface area contributed by atoms with Crippen LogP contribution in [0.3, 0.4) is 0 Å². The van der Waals surface area contributed by atoms with Crippen molar-refractivity contribution in [2.24, 2.45) is 65.5 Å². The maximum atomic E-state index is 12.8. The van der Waals surface area contributed by atoms with Gasteiger partial charge in [0.15, 0.2) is 5.69 Å². The number of aryl methyl sites for hydroxylation is 1. The number of hydrogen-bond acceptors (Lipinski definition) is 7. The molecule has 0 amide bonds. The molecule has 0 bridgehead atoms. The molecule has 6 saturated heterocycles. The van der Waals surface area contributed by atoms with E-state index in [-0.39, 0.29) is 59.6 Å². The van der Waals surface area contributed by atoms with E-state index in [9.17, 15) is 26.3 Å². The van der Waals surface area contributed by atoms with Crippen LogP contribution < -0.4 is 0 Å². The third kappa shape index (κ3) is 31.2. The van der Waals surface area contributed by atoms with E-state index in [2.05, 4.69) is 243 Å². The summed E-state index contributed by atoms with van der Waals surface area (Å²) in [6.45, 7) is 112. The molecule has 0 spiro atoms. The summed E-state index contributed by atoms with van der Waals surface area (Å²) in [4.78, 5) is 40.2. The van der Waals surface area contributed by atoms with Gasteiger partial charge in [-0.15, -0.1) is 0 Å². The fraction of sp³-hybridized carbons (Fsp3) is 0.607. The van der Waals surface area contributed by atoms with Crippen molar-refractivity contribution >= 4 is 17.3 Å². The van der Waals surface area contributed by atoms with Crippen LogP contribution in [-0.4, -0.2) is 147 Å². The summed E-state index contributed by atoms with van der Waals surface area (Å²) < 4.78 is 76.3. The number of hydrogen-bond donors (Lipinski definition) is 0. The van der Waals surface area contributed by atoms with Gasteiger partial charge in [-0.05, 0) is 277 Å². The molecule has 14 nitrogen and oxygen atoms in total. The van der Waals surface area contributed by atoms with Crippen molar-refractivity contribution in [1.29, 1.82) is 5.26 Å². The summed E-state index contributed by atoms with van der Waals surface area (Å²) in [5, 5.41) is 9.76. The second-order valence-electron chi connectivity index (χ2n) is 44.2. The summed E-state index contributed by atoms with van der Waals surface area (Å²) in [5.74, 6) is 0.565. The molecule has 0 atom stereocenters. The predicted molar refractivity (Wildman–Crippen MR) is 532 cm³/mol. The Hall–Kier alpha value is -9.13. The Morgan fingerprint density at radius 3 is 0.947 bits per heavy atom. The number of alkyl halides is 6. The van der Waals surface area contributed by atoms with E-state index in [4.69, 9.17) is 62.9 Å². The lowest BCUT2D eigenvalue weighted by atomic mass is 9.61. The molecule has 133 heavy (non-hydrogen) atoms. The predicted octanol–water partition coefficient (Wildman–Crippen LogP) is 28.4. The third-order valence-electron chi connectivity index (χ3n) is 31.7. The topological polar surface area (TPSA) is 73.8 Å². The van der Waals surface area contributed by atoms with Crippen molar-refractivity contribution in [3.05, 3.63) is 286 Å². The van der Waals surface area contributed by atoms with Crippen LogP contribution in [0.25, 0.3) is 33.9 Å². The van der Waals surface area contributed by atoms with Gasteiger partial charge in [-0.3, -0.25) is 24.5 Å². The van der Waals surface area contributed by atoms with Gasteiger partial charge < -0.3 is 34.0 Å². The van der Waals surface area contributed by atoms with Gasteiger partial charge in [0.25, 0.3) is 0 Å². The average Bonchev–Trinajstić information content (AvgIpc) is 0.811. The first-order valence-electron chi connectivity index (χ1n) is 47.8. The minimum Gasteiger partial charge on any atom is -0.316 e. The third-order valence-corrected chi connectivity index (χ3v) is 31.9. The maximum Gasteiger partial charge on any atom is 0.416 e. The van der Waals surface area contributed by atoms with Gasteiger partial charge in [0.1, 0.15) is 0 Å². The van der Waals surface area contributed by atoms with Crippen LogP contribution in [-0.2, 0) is 51.6 Å². The van der Waals surface area contributed by atoms with Gasteiger partial charge in [0.2, 0.25) is 39.3 Å². The smallest absolute Gasteiger partial charge is 0.316 e. The van der Waals surface area contributed by atoms with E-state index < -0.39 is 23.5 Å². The van der Waals surface area contributed by atoms with E-state index >= 15 is 0 Å². The lowest BCUT2D eigenvalue weighted by molar-refractivity contribution is -0.138. The highest BCUT2D eigenvalue weighted by Crippen LogP contribution is 2.53. The number of nitrogens with zero attached hydrogens (tertiary/aromatic N) is 14. The van der Waals surface area contributed by atoms with Gasteiger partial charge >= 0.3 is 12.4 Å². The Morgan fingerprint density at radius 2 is 0.632 bits per heavy atom. The highest BCUT2D eigenvalue weighted by atomic mass is 35.5. The summed E-state index contributed by atoms with van der Waals surface area (Å²) in [6.07, 6.45) is 4.03. The van der Waals surface area contributed by atoms with Crippen molar-refractivity contribution in [3.8, 4) is 6.07 Å². The van der Waals surface area contributed by atoms with E-state index in [1.54, 1.807) is 18.2 Å². The Balaban J connectivity index is 0.000000218. The van der Waals surface area contributed by atoms with Crippen LogP contribution in [0.5, 0.6) is 0 Å². The van der Waals surface area contributed by atoms with Crippen LogP contribution in [0.1, 0.15) is 250 Å². The zero-order chi connectivity index (χ0) is 98.6. The number of para-hydroxylation sites is 1. The van der Waals surface area contributed by atoms with Crippen molar-refractivity contribution in [1.82, 2.24) is 29.4 Å². The zero-order valence-electron chi connectivity index (χ0n) is 83.3. The molecule has 0 aliphatic carbocycles. The fourth-order valence-electron chi connectivity index (χ4n) is 20.4. The van der Waals surface area contributed by atoms with Gasteiger partial charge in [0.05, 0.1) is 29.3 Å². The summed E-state index contributed by atoms with van der Waals surface area (Å²) in [5.41, 5.74) is 9.78. The van der Waals surface area contributed by atoms with E-state index in [1.165, 1.54) is 34.4 Å². The van der Waals surface area contributed by atoms with Gasteiger partial charge in [-0.25, -0.2) is 44.3 Å². The van der Waals surface area contributed by atoms with Crippen molar-refractivity contribution < 1.29 is 26.3 Å². The van der Waals surface area contributed by atoms with Crippen LogP contribution in [0, 0.1) is 130 Å². The molecule has 6 aromatic carbocycles. The van der Waals surface area contributed by atoms with Crippen LogP contribution in [0.4, 0.5) is 32.0 Å². The molecule has 0 saturated carbocycles. The quantitative estimate of drug-likeness (QED) is 0.0591. The normalized spacial score (nSPS) is 18.8. The molecule has 6 fully saturated rings. The highest BCUT2D eigenvalue weighted by molar-refractivity contribution is 6.30. The summed E-state index contributed by atoms with van der Waals surface area (Å²) in [6, 6.07) is 45.7. The maximum absolute atomic E-state index is 12.8. The molecule has 0 N–H and O–H groups in total. The van der Waals surface area contributed by atoms with Crippen molar-refractivity contribution in [2.45, 2.75) is 253 Å². The number of benzene rings is 6. The molecule has 6 aliphatic rings. The average molecular weight is 1840 g/mol. The van der Waals surface area contributed by atoms with E-state index in [1.807, 2.05) is 48.5 Å². The Bertz CT molecular complexity index is 4970. The number of likely N-dealkylation sites (tertiary alicyclic amines) is 6. The molecular weight excluding hydrogens is 1690 g/mol. The molecule has 12 rings (SSSR count). The van der Waals surface area contributed by atoms with Gasteiger partial charge in [-0.2, -0.15) is 31.6 Å². The lowest BCUT2D eigenvalue weighted by Gasteiger charge is -2.46. The van der Waals surface area contributed by atoms with Crippen LogP contribution in [0.15, 0.2) is 146 Å². The number of piperidine rings is 6. The molecule has 6 aliphatic heterocycles. The minimum absolute atomic E-state index is 0.000925. The second kappa shape index (κ2) is 48.6. The van der Waals surface area contributed by atoms with Gasteiger partial charge in [-0.1, -0.05) is 232 Å². The summed E-state index contributed by atoms with van der Waals surface area (Å²) >= 11 is 5.93. The molecule has 0 unspecified atom stereocenters. The molecule has 6 aromatic rings. The van der Waals surface area contributed by atoms with Gasteiger partial charge in [0, 0.05) is 76.8 Å². The van der Waals surface area contributed by atoms with Crippen molar-refractivity contribution in [2.75, 3.05) is 118 Å². The molecule has 21 heteroatoms. The summed E-state index contributed by atoms with van der Waals surface area (Å²) in [7, 11) is 0. The highest BCUT2D eigenvalue weighted by Gasteiger charge is 2.52. The molecule has 6 heterocycles. The number of rotatable bonds is 19. The van der Waals surface area contributed by atoms with E-state index in [0.717, 1.165) is 227 Å². The zero-order valence-corrected chi connectivity index (χ0v) is 84.1. The monoisotopic (exact) mass is 1840 g/mol. The first-order valence-corrected chi connectivity index (χ1v) is 48.2. The Kier molecular flexibility index (Phi) is 40.5.